The van der Waals surface area contributed by atoms with Crippen LogP contribution in [0.2, 0.25) is 5.02 Å². The van der Waals surface area contributed by atoms with Gasteiger partial charge in [0.15, 0.2) is 23.0 Å². The standard InChI is InChI=1S/C27H27ClN2O4/c1-31-24-13-6-18(15-26(24)33-3)5-10-21-17-23(19-7-14-25(32-2)27(16-19)34-4)30(29-21)22-11-8-20(28)9-12-22/h5-16,23H,17H2,1-4H3/b10-5+/t23-/m1/s1. The number of rotatable bonds is 8. The lowest BCUT2D eigenvalue weighted by atomic mass is 10.00. The molecule has 0 saturated heterocycles. The van der Waals surface area contributed by atoms with Gasteiger partial charge < -0.3 is 18.9 Å². The smallest absolute Gasteiger partial charge is 0.161 e. The number of hydrogen-bond donors (Lipinski definition) is 0. The lowest BCUT2D eigenvalue weighted by Gasteiger charge is -2.24. The first-order valence-corrected chi connectivity index (χ1v) is 11.2. The lowest BCUT2D eigenvalue weighted by Crippen LogP contribution is -2.18. The fraction of sp³-hybridized carbons (Fsp3) is 0.222. The van der Waals surface area contributed by atoms with Crippen molar-refractivity contribution >= 4 is 29.1 Å². The van der Waals surface area contributed by atoms with Gasteiger partial charge in [-0.2, -0.15) is 5.10 Å². The summed E-state index contributed by atoms with van der Waals surface area (Å²) in [4.78, 5) is 0. The van der Waals surface area contributed by atoms with E-state index >= 15 is 0 Å². The number of hydrazone groups is 1. The van der Waals surface area contributed by atoms with Gasteiger partial charge in [0, 0.05) is 11.4 Å². The second-order valence-electron chi connectivity index (χ2n) is 7.69. The van der Waals surface area contributed by atoms with Gasteiger partial charge in [0.2, 0.25) is 0 Å². The van der Waals surface area contributed by atoms with Crippen LogP contribution in [0.25, 0.3) is 6.08 Å². The second-order valence-corrected chi connectivity index (χ2v) is 8.13. The molecule has 0 bridgehead atoms. The molecule has 0 amide bonds. The van der Waals surface area contributed by atoms with Crippen LogP contribution in [0.5, 0.6) is 23.0 Å². The van der Waals surface area contributed by atoms with Crippen molar-refractivity contribution in [3.63, 3.8) is 0 Å². The molecule has 0 aliphatic carbocycles. The first-order chi connectivity index (χ1) is 16.6. The zero-order valence-corrected chi connectivity index (χ0v) is 20.4. The summed E-state index contributed by atoms with van der Waals surface area (Å²) in [6.45, 7) is 0. The minimum atomic E-state index is -0.00830. The molecule has 0 spiro atoms. The van der Waals surface area contributed by atoms with Gasteiger partial charge in [-0.05, 0) is 65.7 Å². The molecule has 0 radical (unpaired) electrons. The molecule has 4 rings (SSSR count). The second kappa shape index (κ2) is 10.5. The number of benzene rings is 3. The molecule has 176 valence electrons. The number of nitrogens with zero attached hydrogens (tertiary/aromatic N) is 2. The van der Waals surface area contributed by atoms with Crippen molar-refractivity contribution in [2.45, 2.75) is 12.5 Å². The van der Waals surface area contributed by atoms with Crippen LogP contribution in [-0.4, -0.2) is 34.2 Å². The van der Waals surface area contributed by atoms with Gasteiger partial charge in [-0.1, -0.05) is 29.8 Å². The maximum Gasteiger partial charge on any atom is 0.161 e. The Bertz CT molecular complexity index is 1210. The van der Waals surface area contributed by atoms with Crippen molar-refractivity contribution in [3.8, 4) is 23.0 Å². The topological polar surface area (TPSA) is 52.5 Å². The normalized spacial score (nSPS) is 15.4. The Kier molecular flexibility index (Phi) is 7.28. The highest BCUT2D eigenvalue weighted by Crippen LogP contribution is 2.39. The fourth-order valence-corrected chi connectivity index (χ4v) is 4.06. The van der Waals surface area contributed by atoms with E-state index in [2.05, 4.69) is 0 Å². The van der Waals surface area contributed by atoms with Gasteiger partial charge in [-0.25, -0.2) is 0 Å². The summed E-state index contributed by atoms with van der Waals surface area (Å²) >= 11 is 6.12. The Morgan fingerprint density at radius 1 is 0.765 bits per heavy atom. The number of allylic oxidation sites excluding steroid dienone is 1. The number of ether oxygens (including phenoxy) is 4. The monoisotopic (exact) mass is 478 g/mol. The molecule has 34 heavy (non-hydrogen) atoms. The van der Waals surface area contributed by atoms with E-state index in [1.165, 1.54) is 0 Å². The average molecular weight is 479 g/mol. The Hall–Kier alpha value is -3.64. The van der Waals surface area contributed by atoms with Crippen LogP contribution in [0, 0.1) is 0 Å². The van der Waals surface area contributed by atoms with E-state index < -0.39 is 0 Å². The number of halogens is 1. The Morgan fingerprint density at radius 3 is 2.03 bits per heavy atom. The third kappa shape index (κ3) is 4.97. The number of methoxy groups -OCH3 is 4. The van der Waals surface area contributed by atoms with E-state index in [1.54, 1.807) is 28.4 Å². The molecule has 7 heteroatoms. The SMILES string of the molecule is COc1ccc(/C=C/C2=NN(c3ccc(Cl)cc3)[C@@H](c3ccc(OC)c(OC)c3)C2)cc1OC. The van der Waals surface area contributed by atoms with E-state index in [-0.39, 0.29) is 6.04 Å². The van der Waals surface area contributed by atoms with Crippen LogP contribution in [-0.2, 0) is 0 Å². The number of hydrogen-bond acceptors (Lipinski definition) is 6. The summed E-state index contributed by atoms with van der Waals surface area (Å²) in [5.41, 5.74) is 3.97. The molecule has 0 N–H and O–H groups in total. The summed E-state index contributed by atoms with van der Waals surface area (Å²) in [6, 6.07) is 19.5. The molecule has 0 unspecified atom stereocenters. The molecular weight excluding hydrogens is 452 g/mol. The maximum absolute atomic E-state index is 6.12. The summed E-state index contributed by atoms with van der Waals surface area (Å²) in [6.07, 6.45) is 4.78. The molecular formula is C27H27ClN2O4. The largest absolute Gasteiger partial charge is 0.493 e. The summed E-state index contributed by atoms with van der Waals surface area (Å²) in [5.74, 6) is 2.76. The van der Waals surface area contributed by atoms with Crippen molar-refractivity contribution in [2.24, 2.45) is 5.10 Å². The highest BCUT2D eigenvalue weighted by atomic mass is 35.5. The third-order valence-corrected chi connectivity index (χ3v) is 5.95. The minimum absolute atomic E-state index is 0.00830. The Balaban J connectivity index is 1.66. The van der Waals surface area contributed by atoms with Crippen LogP contribution < -0.4 is 24.0 Å². The molecule has 1 atom stereocenters. The van der Waals surface area contributed by atoms with Crippen LogP contribution in [0.4, 0.5) is 5.69 Å². The van der Waals surface area contributed by atoms with Crippen molar-refractivity contribution in [2.75, 3.05) is 33.4 Å². The average Bonchev–Trinajstić information content (AvgIpc) is 3.31. The Labute approximate surface area is 205 Å². The van der Waals surface area contributed by atoms with Gasteiger partial charge in [-0.3, -0.25) is 5.01 Å². The van der Waals surface area contributed by atoms with E-state index in [0.717, 1.165) is 28.9 Å². The predicted octanol–water partition coefficient (Wildman–Crippen LogP) is 6.40. The molecule has 3 aromatic rings. The highest BCUT2D eigenvalue weighted by Gasteiger charge is 2.29. The highest BCUT2D eigenvalue weighted by molar-refractivity contribution is 6.30. The molecule has 1 aliphatic heterocycles. The zero-order valence-electron chi connectivity index (χ0n) is 19.6. The quantitative estimate of drug-likeness (QED) is 0.375. The molecule has 1 heterocycles. The van der Waals surface area contributed by atoms with Gasteiger partial charge in [0.1, 0.15) is 0 Å². The maximum atomic E-state index is 6.12. The first-order valence-electron chi connectivity index (χ1n) is 10.8. The van der Waals surface area contributed by atoms with E-state index in [1.807, 2.05) is 77.8 Å². The summed E-state index contributed by atoms with van der Waals surface area (Å²) in [5, 5.41) is 7.63. The predicted molar refractivity (Wildman–Crippen MR) is 137 cm³/mol. The number of anilines is 1. The van der Waals surface area contributed by atoms with E-state index in [9.17, 15) is 0 Å². The molecule has 0 aromatic heterocycles. The molecule has 0 saturated carbocycles. The van der Waals surface area contributed by atoms with Gasteiger partial charge >= 0.3 is 0 Å². The minimum Gasteiger partial charge on any atom is -0.493 e. The molecule has 1 aliphatic rings. The summed E-state index contributed by atoms with van der Waals surface area (Å²) < 4.78 is 21.7. The van der Waals surface area contributed by atoms with Crippen molar-refractivity contribution in [1.29, 1.82) is 0 Å². The van der Waals surface area contributed by atoms with Crippen LogP contribution in [0.15, 0.2) is 71.8 Å². The van der Waals surface area contributed by atoms with E-state index in [0.29, 0.717) is 28.0 Å². The molecule has 0 fully saturated rings. The van der Waals surface area contributed by atoms with Gasteiger partial charge in [-0.15, -0.1) is 0 Å². The Morgan fingerprint density at radius 2 is 1.38 bits per heavy atom. The van der Waals surface area contributed by atoms with Crippen molar-refractivity contribution in [3.05, 3.63) is 82.9 Å². The molecule has 3 aromatic carbocycles. The van der Waals surface area contributed by atoms with Crippen LogP contribution >= 0.6 is 11.6 Å². The van der Waals surface area contributed by atoms with Crippen molar-refractivity contribution in [1.82, 2.24) is 0 Å². The molecule has 6 nitrogen and oxygen atoms in total. The summed E-state index contributed by atoms with van der Waals surface area (Å²) in [7, 11) is 6.53. The zero-order chi connectivity index (χ0) is 24.1. The van der Waals surface area contributed by atoms with E-state index in [4.69, 9.17) is 35.6 Å². The van der Waals surface area contributed by atoms with Gasteiger partial charge in [0.25, 0.3) is 0 Å². The van der Waals surface area contributed by atoms with Crippen LogP contribution in [0.1, 0.15) is 23.6 Å². The van der Waals surface area contributed by atoms with Crippen molar-refractivity contribution < 1.29 is 18.9 Å². The van der Waals surface area contributed by atoms with Crippen LogP contribution in [0.3, 0.4) is 0 Å². The lowest BCUT2D eigenvalue weighted by molar-refractivity contribution is 0.354. The third-order valence-electron chi connectivity index (χ3n) is 5.69. The van der Waals surface area contributed by atoms with Gasteiger partial charge in [0.05, 0.1) is 45.9 Å². The fourth-order valence-electron chi connectivity index (χ4n) is 3.93. The first kappa shape index (κ1) is 23.5.